The van der Waals surface area contributed by atoms with Crippen LogP contribution in [0, 0.1) is 13.8 Å². The van der Waals surface area contributed by atoms with Gasteiger partial charge in [-0.1, -0.05) is 38.3 Å². The van der Waals surface area contributed by atoms with Crippen LogP contribution in [0.15, 0.2) is 34.1 Å². The largest absolute Gasteiger partial charge is 0.491 e. The van der Waals surface area contributed by atoms with Gasteiger partial charge in [-0.3, -0.25) is 13.9 Å². The van der Waals surface area contributed by atoms with Crippen LogP contribution in [0.1, 0.15) is 62.6 Å². The highest BCUT2D eigenvalue weighted by Gasteiger charge is 2.24. The molecule has 0 spiro atoms. The first kappa shape index (κ1) is 23.3. The zero-order valence-corrected chi connectivity index (χ0v) is 19.8. The second kappa shape index (κ2) is 9.95. The number of fused-ring (bicyclic) bond motifs is 1. The highest BCUT2D eigenvalue weighted by atomic mass is 16.5. The molecule has 8 nitrogen and oxygen atoms in total. The van der Waals surface area contributed by atoms with Crippen molar-refractivity contribution in [1.29, 1.82) is 0 Å². The SMILES string of the molecule is CCCCn1c(=O)n(C[C@H](O)COc2cc(C)ccc2C)c(=O)c2c1ncn2C1CCCC1. The average Bonchev–Trinajstić information content (AvgIpc) is 3.47. The zero-order chi connectivity index (χ0) is 23.5. The van der Waals surface area contributed by atoms with Gasteiger partial charge in [0, 0.05) is 12.6 Å². The molecule has 1 saturated carbocycles. The van der Waals surface area contributed by atoms with Crippen LogP contribution in [0.5, 0.6) is 5.75 Å². The first-order valence-corrected chi connectivity index (χ1v) is 12.0. The minimum atomic E-state index is -1.00. The number of benzene rings is 1. The molecule has 0 amide bonds. The topological polar surface area (TPSA) is 91.3 Å². The number of rotatable bonds is 9. The first-order chi connectivity index (χ1) is 15.9. The fraction of sp³-hybridized carbons (Fsp3) is 0.560. The number of ether oxygens (including phenoxy) is 1. The number of imidazole rings is 1. The van der Waals surface area contributed by atoms with Crippen molar-refractivity contribution in [2.75, 3.05) is 6.61 Å². The van der Waals surface area contributed by atoms with Gasteiger partial charge in [0.25, 0.3) is 5.56 Å². The van der Waals surface area contributed by atoms with E-state index in [1.54, 1.807) is 10.9 Å². The van der Waals surface area contributed by atoms with E-state index in [-0.39, 0.29) is 19.2 Å². The number of hydrogen-bond acceptors (Lipinski definition) is 5. The lowest BCUT2D eigenvalue weighted by Gasteiger charge is -2.18. The molecule has 33 heavy (non-hydrogen) atoms. The standard InChI is InChI=1S/C25H34N4O4/c1-4-5-12-27-23-22(29(16-26-23)19-8-6-7-9-19)24(31)28(25(27)32)14-20(30)15-33-21-13-17(2)10-11-18(21)3/h10-11,13,16,19-20,30H,4-9,12,14-15H2,1-3H3/t20-/m0/s1. The highest BCUT2D eigenvalue weighted by molar-refractivity contribution is 5.70. The summed E-state index contributed by atoms with van der Waals surface area (Å²) in [6.45, 7) is 6.33. The Labute approximate surface area is 193 Å². The van der Waals surface area contributed by atoms with Gasteiger partial charge in [-0.2, -0.15) is 0 Å². The Kier molecular flexibility index (Phi) is 7.02. The third kappa shape index (κ3) is 4.76. The molecule has 3 aromatic rings. The smallest absolute Gasteiger partial charge is 0.332 e. The summed E-state index contributed by atoms with van der Waals surface area (Å²) in [5, 5.41) is 10.7. The summed E-state index contributed by atoms with van der Waals surface area (Å²) < 4.78 is 10.5. The molecule has 178 valence electrons. The van der Waals surface area contributed by atoms with E-state index in [2.05, 4.69) is 11.9 Å². The molecule has 4 rings (SSSR count). The molecular weight excluding hydrogens is 420 g/mol. The highest BCUT2D eigenvalue weighted by Crippen LogP contribution is 2.31. The number of aromatic nitrogens is 4. The van der Waals surface area contributed by atoms with Gasteiger partial charge in [-0.25, -0.2) is 9.78 Å². The normalized spacial score (nSPS) is 15.4. The third-order valence-electron chi connectivity index (χ3n) is 6.56. The fourth-order valence-corrected chi connectivity index (χ4v) is 4.66. The first-order valence-electron chi connectivity index (χ1n) is 12.0. The van der Waals surface area contributed by atoms with Gasteiger partial charge < -0.3 is 14.4 Å². The van der Waals surface area contributed by atoms with Crippen LogP contribution in [0.4, 0.5) is 0 Å². The average molecular weight is 455 g/mol. The number of hydrogen-bond donors (Lipinski definition) is 1. The molecule has 0 bridgehead atoms. The lowest BCUT2D eigenvalue weighted by Crippen LogP contribution is -2.44. The lowest BCUT2D eigenvalue weighted by atomic mass is 10.1. The van der Waals surface area contributed by atoms with Crippen LogP contribution in [0.2, 0.25) is 0 Å². The summed E-state index contributed by atoms with van der Waals surface area (Å²) in [6, 6.07) is 6.11. The van der Waals surface area contributed by atoms with E-state index in [1.807, 2.05) is 36.6 Å². The summed E-state index contributed by atoms with van der Waals surface area (Å²) in [5.74, 6) is 0.691. The summed E-state index contributed by atoms with van der Waals surface area (Å²) in [7, 11) is 0. The molecule has 1 N–H and O–H groups in total. The maximum Gasteiger partial charge on any atom is 0.332 e. The van der Waals surface area contributed by atoms with E-state index < -0.39 is 17.4 Å². The monoisotopic (exact) mass is 454 g/mol. The van der Waals surface area contributed by atoms with Crippen molar-refractivity contribution in [3.8, 4) is 5.75 Å². The zero-order valence-electron chi connectivity index (χ0n) is 19.8. The van der Waals surface area contributed by atoms with Gasteiger partial charge >= 0.3 is 5.69 Å². The molecule has 0 saturated heterocycles. The van der Waals surface area contributed by atoms with Gasteiger partial charge in [-0.05, 0) is 50.3 Å². The third-order valence-corrected chi connectivity index (χ3v) is 6.56. The second-order valence-corrected chi connectivity index (χ2v) is 9.20. The van der Waals surface area contributed by atoms with Crippen LogP contribution in [0.3, 0.4) is 0 Å². The van der Waals surface area contributed by atoms with Crippen LogP contribution in [-0.4, -0.2) is 36.5 Å². The maximum atomic E-state index is 13.5. The molecule has 0 aliphatic heterocycles. The molecule has 2 aromatic heterocycles. The van der Waals surface area contributed by atoms with Gasteiger partial charge in [-0.15, -0.1) is 0 Å². The van der Waals surface area contributed by atoms with Crippen molar-refractivity contribution in [1.82, 2.24) is 18.7 Å². The molecule has 1 atom stereocenters. The maximum absolute atomic E-state index is 13.5. The minimum absolute atomic E-state index is 0.00887. The summed E-state index contributed by atoms with van der Waals surface area (Å²) in [5.41, 5.74) is 2.11. The van der Waals surface area contributed by atoms with Crippen molar-refractivity contribution in [2.24, 2.45) is 0 Å². The molecule has 1 aliphatic rings. The Balaban J connectivity index is 1.67. The Morgan fingerprint density at radius 2 is 1.94 bits per heavy atom. The predicted molar refractivity (Wildman–Crippen MR) is 128 cm³/mol. The lowest BCUT2D eigenvalue weighted by molar-refractivity contribution is 0.0898. The van der Waals surface area contributed by atoms with Crippen LogP contribution in [0.25, 0.3) is 11.2 Å². The molecule has 2 heterocycles. The van der Waals surface area contributed by atoms with Crippen molar-refractivity contribution < 1.29 is 9.84 Å². The van der Waals surface area contributed by atoms with Gasteiger partial charge in [0.05, 0.1) is 12.9 Å². The Morgan fingerprint density at radius 1 is 1.18 bits per heavy atom. The number of aliphatic hydroxyl groups is 1. The van der Waals surface area contributed by atoms with E-state index in [0.717, 1.165) is 54.2 Å². The molecule has 8 heteroatoms. The predicted octanol–water partition coefficient (Wildman–Crippen LogP) is 3.33. The van der Waals surface area contributed by atoms with Crippen molar-refractivity contribution >= 4 is 11.2 Å². The van der Waals surface area contributed by atoms with Gasteiger partial charge in [0.1, 0.15) is 18.5 Å². The minimum Gasteiger partial charge on any atom is -0.491 e. The summed E-state index contributed by atoms with van der Waals surface area (Å²) >= 11 is 0. The van der Waals surface area contributed by atoms with Crippen LogP contribution < -0.4 is 16.0 Å². The van der Waals surface area contributed by atoms with E-state index in [1.165, 1.54) is 0 Å². The van der Waals surface area contributed by atoms with E-state index in [4.69, 9.17) is 4.74 Å². The summed E-state index contributed by atoms with van der Waals surface area (Å²) in [6.07, 6.45) is 6.69. The Hall–Kier alpha value is -2.87. The molecule has 1 fully saturated rings. The quantitative estimate of drug-likeness (QED) is 0.536. The molecule has 1 aliphatic carbocycles. The summed E-state index contributed by atoms with van der Waals surface area (Å²) in [4.78, 5) is 31.2. The number of aliphatic hydroxyl groups excluding tert-OH is 1. The van der Waals surface area contributed by atoms with Gasteiger partial charge in [0.15, 0.2) is 11.2 Å². The molecule has 0 unspecified atom stereocenters. The van der Waals surface area contributed by atoms with Crippen molar-refractivity contribution in [3.05, 3.63) is 56.5 Å². The number of unbranched alkanes of at least 4 members (excludes halogenated alkanes) is 1. The van der Waals surface area contributed by atoms with Crippen LogP contribution in [-0.2, 0) is 13.1 Å². The van der Waals surface area contributed by atoms with Crippen molar-refractivity contribution in [2.45, 2.75) is 84.5 Å². The number of aryl methyl sites for hydroxylation is 3. The fourth-order valence-electron chi connectivity index (χ4n) is 4.66. The van der Waals surface area contributed by atoms with E-state index in [9.17, 15) is 14.7 Å². The van der Waals surface area contributed by atoms with E-state index in [0.29, 0.717) is 23.5 Å². The number of nitrogens with zero attached hydrogens (tertiary/aromatic N) is 4. The molecule has 0 radical (unpaired) electrons. The second-order valence-electron chi connectivity index (χ2n) is 9.20. The van der Waals surface area contributed by atoms with E-state index >= 15 is 0 Å². The van der Waals surface area contributed by atoms with Crippen LogP contribution >= 0.6 is 0 Å². The molecule has 1 aromatic carbocycles. The Morgan fingerprint density at radius 3 is 2.67 bits per heavy atom. The Bertz CT molecular complexity index is 1230. The molecular formula is C25H34N4O4. The van der Waals surface area contributed by atoms with Crippen molar-refractivity contribution in [3.63, 3.8) is 0 Å². The van der Waals surface area contributed by atoms with Gasteiger partial charge in [0.2, 0.25) is 0 Å².